The largest absolute Gasteiger partial charge is 0.0845 e. The van der Waals surface area contributed by atoms with Crippen LogP contribution >= 0.6 is 0 Å². The molecule has 0 fully saturated rings. The molecule has 0 N–H and O–H groups in total. The molecule has 0 spiro atoms. The van der Waals surface area contributed by atoms with E-state index in [1.54, 1.807) is 0 Å². The van der Waals surface area contributed by atoms with Crippen molar-refractivity contribution in [3.63, 3.8) is 0 Å². The zero-order valence-electron chi connectivity index (χ0n) is 7.32. The van der Waals surface area contributed by atoms with Crippen molar-refractivity contribution in [1.29, 1.82) is 0 Å². The van der Waals surface area contributed by atoms with Crippen molar-refractivity contribution in [2.24, 2.45) is 0 Å². The second-order valence-corrected chi connectivity index (χ2v) is 2.72. The van der Waals surface area contributed by atoms with Gasteiger partial charge in [0.05, 0.1) is 0 Å². The smallest absolute Gasteiger partial charge is 0.0166 e. The first-order valence-corrected chi connectivity index (χ1v) is 4.47. The maximum atomic E-state index is 2.21. The van der Waals surface area contributed by atoms with Crippen LogP contribution in [-0.2, 0) is 0 Å². The minimum atomic E-state index is 1.03. The van der Waals surface area contributed by atoms with Crippen LogP contribution in [0.25, 0.3) is 0 Å². The third-order valence-electron chi connectivity index (χ3n) is 1.65. The third-order valence-corrected chi connectivity index (χ3v) is 1.65. The number of hydrogen-bond acceptors (Lipinski definition) is 0. The Balaban J connectivity index is 2.42. The number of hydrogen-bond donors (Lipinski definition) is 0. The van der Waals surface area contributed by atoms with Crippen molar-refractivity contribution >= 4 is 0 Å². The summed E-state index contributed by atoms with van der Waals surface area (Å²) in [5.74, 6) is 0. The van der Waals surface area contributed by atoms with Gasteiger partial charge in [0.1, 0.15) is 0 Å². The summed E-state index contributed by atoms with van der Waals surface area (Å²) in [6.45, 7) is 0. The Kier molecular flexibility index (Phi) is 5.02. The first kappa shape index (κ1) is 9.05. The molecule has 63 valence electrons. The molecule has 0 amide bonds. The van der Waals surface area contributed by atoms with Crippen molar-refractivity contribution < 1.29 is 0 Å². The zero-order valence-corrected chi connectivity index (χ0v) is 7.32. The van der Waals surface area contributed by atoms with Crippen molar-refractivity contribution in [2.75, 3.05) is 0 Å². The van der Waals surface area contributed by atoms with E-state index in [2.05, 4.69) is 55.0 Å². The van der Waals surface area contributed by atoms with Gasteiger partial charge in [-0.05, 0) is 25.7 Å². The van der Waals surface area contributed by atoms with Gasteiger partial charge < -0.3 is 0 Å². The van der Waals surface area contributed by atoms with Gasteiger partial charge in [-0.25, -0.2) is 0 Å². The van der Waals surface area contributed by atoms with Crippen LogP contribution in [0.15, 0.2) is 48.6 Å². The second-order valence-electron chi connectivity index (χ2n) is 2.72. The molecule has 0 saturated carbocycles. The van der Waals surface area contributed by atoms with E-state index in [4.69, 9.17) is 0 Å². The Morgan fingerprint density at radius 2 is 1.33 bits per heavy atom. The van der Waals surface area contributed by atoms with Crippen molar-refractivity contribution in [3.8, 4) is 0 Å². The molecule has 1 radical (unpaired) electrons. The fourth-order valence-electron chi connectivity index (χ4n) is 1.00. The lowest BCUT2D eigenvalue weighted by Gasteiger charge is -1.89. The summed E-state index contributed by atoms with van der Waals surface area (Å²) in [7, 11) is 0. The summed E-state index contributed by atoms with van der Waals surface area (Å²) in [5.41, 5.74) is 0. The summed E-state index contributed by atoms with van der Waals surface area (Å²) < 4.78 is 0. The molecule has 1 rings (SSSR count). The highest BCUT2D eigenvalue weighted by Gasteiger charge is 1.80. The van der Waals surface area contributed by atoms with Gasteiger partial charge in [-0.3, -0.25) is 0 Å². The molecule has 0 aromatic rings. The lowest BCUT2D eigenvalue weighted by molar-refractivity contribution is 1.00. The Bertz CT molecular complexity index is 204. The van der Waals surface area contributed by atoms with E-state index in [1.807, 2.05) is 0 Å². The highest BCUT2D eigenvalue weighted by molar-refractivity contribution is 5.13. The van der Waals surface area contributed by atoms with Crippen LogP contribution < -0.4 is 0 Å². The van der Waals surface area contributed by atoms with Crippen molar-refractivity contribution in [1.82, 2.24) is 0 Å². The Morgan fingerprint density at radius 3 is 2.25 bits per heavy atom. The minimum Gasteiger partial charge on any atom is -0.0845 e. The topological polar surface area (TPSA) is 0 Å². The van der Waals surface area contributed by atoms with Crippen molar-refractivity contribution in [3.05, 3.63) is 55.0 Å². The molecule has 0 heterocycles. The van der Waals surface area contributed by atoms with Gasteiger partial charge in [0.15, 0.2) is 0 Å². The second kappa shape index (κ2) is 6.66. The number of allylic oxidation sites excluding steroid dienone is 8. The summed E-state index contributed by atoms with van der Waals surface area (Å²) in [6, 6.07) is 0. The van der Waals surface area contributed by atoms with Crippen LogP contribution in [0, 0.1) is 6.42 Å². The van der Waals surface area contributed by atoms with Gasteiger partial charge in [0, 0.05) is 0 Å². The molecular weight excluding hydrogens is 144 g/mol. The molecule has 0 unspecified atom stereocenters. The molecule has 0 aromatic heterocycles. The predicted molar refractivity (Wildman–Crippen MR) is 54.7 cm³/mol. The zero-order chi connectivity index (χ0) is 8.49. The average molecular weight is 159 g/mol. The molecule has 0 saturated heterocycles. The molecule has 0 bridgehead atoms. The molecule has 0 aromatic carbocycles. The maximum Gasteiger partial charge on any atom is -0.0166 e. The Labute approximate surface area is 75.0 Å². The monoisotopic (exact) mass is 159 g/mol. The Morgan fingerprint density at radius 1 is 0.583 bits per heavy atom. The first-order chi connectivity index (χ1) is 6.00. The average Bonchev–Trinajstić information content (AvgIpc) is 2.05. The molecule has 0 nitrogen and oxygen atoms in total. The fraction of sp³-hybridized carbons (Fsp3) is 0.250. The van der Waals surface area contributed by atoms with Crippen LogP contribution in [0.2, 0.25) is 0 Å². The third kappa shape index (κ3) is 4.73. The first-order valence-electron chi connectivity index (χ1n) is 4.47. The lowest BCUT2D eigenvalue weighted by Crippen LogP contribution is -1.71. The normalized spacial score (nSPS) is 29.3. The molecule has 1 aliphatic rings. The van der Waals surface area contributed by atoms with Crippen LogP contribution in [0.1, 0.15) is 19.3 Å². The summed E-state index contributed by atoms with van der Waals surface area (Å²) in [6.07, 6.45) is 22.5. The van der Waals surface area contributed by atoms with E-state index < -0.39 is 0 Å². The fourth-order valence-corrected chi connectivity index (χ4v) is 1.00. The van der Waals surface area contributed by atoms with Crippen LogP contribution in [0.3, 0.4) is 0 Å². The summed E-state index contributed by atoms with van der Waals surface area (Å²) >= 11 is 0. The van der Waals surface area contributed by atoms with E-state index in [0.717, 1.165) is 19.3 Å². The lowest BCUT2D eigenvalue weighted by atomic mass is 10.2. The van der Waals surface area contributed by atoms with E-state index >= 15 is 0 Å². The highest BCUT2D eigenvalue weighted by Crippen LogP contribution is 1.99. The quantitative estimate of drug-likeness (QED) is 0.506. The minimum absolute atomic E-state index is 1.03. The van der Waals surface area contributed by atoms with Gasteiger partial charge >= 0.3 is 0 Å². The standard InChI is InChI=1S/C12H15/c1-2-4-6-8-10-12-11-9-7-5-3-1/h1-6,9,11-12H,7-8,10H2/b2-1+,5-3-,6-4-,11-9+. The molecule has 0 aliphatic heterocycles. The Hall–Kier alpha value is -1.04. The van der Waals surface area contributed by atoms with Gasteiger partial charge in [-0.2, -0.15) is 0 Å². The van der Waals surface area contributed by atoms with Crippen LogP contribution in [-0.4, -0.2) is 0 Å². The highest BCUT2D eigenvalue weighted by atomic mass is 13.9. The van der Waals surface area contributed by atoms with Gasteiger partial charge in [-0.1, -0.05) is 48.6 Å². The van der Waals surface area contributed by atoms with Gasteiger partial charge in [0.25, 0.3) is 0 Å². The molecule has 0 heteroatoms. The molecule has 1 aliphatic carbocycles. The van der Waals surface area contributed by atoms with E-state index in [9.17, 15) is 0 Å². The maximum absolute atomic E-state index is 2.21. The molecule has 12 heavy (non-hydrogen) atoms. The molecule has 0 atom stereocenters. The van der Waals surface area contributed by atoms with Crippen LogP contribution in [0.5, 0.6) is 0 Å². The van der Waals surface area contributed by atoms with E-state index in [-0.39, 0.29) is 0 Å². The van der Waals surface area contributed by atoms with Gasteiger partial charge in [0.2, 0.25) is 0 Å². The number of rotatable bonds is 0. The van der Waals surface area contributed by atoms with E-state index in [1.165, 1.54) is 0 Å². The van der Waals surface area contributed by atoms with Crippen LogP contribution in [0.4, 0.5) is 0 Å². The summed E-state index contributed by atoms with van der Waals surface area (Å²) in [5, 5.41) is 0. The van der Waals surface area contributed by atoms with Gasteiger partial charge in [-0.15, -0.1) is 0 Å². The SMILES string of the molecule is [CH]1/C=C/C\C=C/C=C/C=C\CC1. The predicted octanol–water partition coefficient (Wildman–Crippen LogP) is 3.60. The van der Waals surface area contributed by atoms with E-state index in [0.29, 0.717) is 0 Å². The molecular formula is C12H15. The summed E-state index contributed by atoms with van der Waals surface area (Å²) in [4.78, 5) is 0. The van der Waals surface area contributed by atoms with Crippen molar-refractivity contribution in [2.45, 2.75) is 19.3 Å².